The lowest BCUT2D eigenvalue weighted by Crippen LogP contribution is -2.26. The number of rotatable bonds is 11. The molecule has 12 nitrogen and oxygen atoms in total. The van der Waals surface area contributed by atoms with Crippen LogP contribution in [0.2, 0.25) is 0 Å². The van der Waals surface area contributed by atoms with Crippen LogP contribution in [0.25, 0.3) is 22.5 Å². The Bertz CT molecular complexity index is 1880. The summed E-state index contributed by atoms with van der Waals surface area (Å²) < 4.78 is 25.6. The van der Waals surface area contributed by atoms with E-state index in [0.717, 1.165) is 16.7 Å². The van der Waals surface area contributed by atoms with Gasteiger partial charge in [-0.3, -0.25) is 9.51 Å². The average molecular weight is 585 g/mol. The van der Waals surface area contributed by atoms with E-state index in [9.17, 15) is 14.4 Å². The Morgan fingerprint density at radius 1 is 1.00 bits per heavy atom. The Labute approximate surface area is 244 Å². The van der Waals surface area contributed by atoms with E-state index in [1.165, 1.54) is 6.92 Å². The summed E-state index contributed by atoms with van der Waals surface area (Å²) in [6, 6.07) is 20.1. The van der Waals surface area contributed by atoms with Crippen molar-refractivity contribution in [1.82, 2.24) is 10.1 Å². The van der Waals surface area contributed by atoms with Gasteiger partial charge in [0.25, 0.3) is 0 Å². The van der Waals surface area contributed by atoms with E-state index in [1.54, 1.807) is 23.1 Å². The summed E-state index contributed by atoms with van der Waals surface area (Å²) in [4.78, 5) is 40.4. The van der Waals surface area contributed by atoms with Crippen molar-refractivity contribution < 1.29 is 27.6 Å². The molecule has 3 aromatic carbocycles. The number of nitrogens with zero attached hydrogens (tertiary/aromatic N) is 2. The topological polar surface area (TPSA) is 167 Å². The maximum Gasteiger partial charge on any atom is 0.519 e. The van der Waals surface area contributed by atoms with Crippen molar-refractivity contribution in [3.8, 4) is 22.5 Å². The molecule has 5 rings (SSSR count). The highest BCUT2D eigenvalue weighted by molar-refractivity contribution is 5.99. The number of carbonyl (C=O) groups excluding carboxylic acids is 1. The van der Waals surface area contributed by atoms with E-state index in [4.69, 9.17) is 24.0 Å². The highest BCUT2D eigenvalue weighted by Crippen LogP contribution is 2.34. The largest absolute Gasteiger partial charge is 0.519 e. The van der Waals surface area contributed by atoms with E-state index < -0.39 is 17.5 Å². The van der Waals surface area contributed by atoms with Gasteiger partial charge in [0.2, 0.25) is 0 Å². The van der Waals surface area contributed by atoms with Crippen LogP contribution in [0.15, 0.2) is 102 Å². The number of anilines is 2. The first-order valence-corrected chi connectivity index (χ1v) is 13.2. The molecule has 0 aliphatic carbocycles. The van der Waals surface area contributed by atoms with E-state index in [-0.39, 0.29) is 36.1 Å². The molecule has 0 aliphatic heterocycles. The first-order chi connectivity index (χ1) is 20.7. The monoisotopic (exact) mass is 584 g/mol. The van der Waals surface area contributed by atoms with Crippen molar-refractivity contribution in [3.05, 3.63) is 123 Å². The Morgan fingerprint density at radius 3 is 2.40 bits per heavy atom. The lowest BCUT2D eigenvalue weighted by Gasteiger charge is -2.29. The van der Waals surface area contributed by atoms with Gasteiger partial charge >= 0.3 is 17.5 Å². The van der Waals surface area contributed by atoms with E-state index in [2.05, 4.69) is 21.2 Å². The summed E-state index contributed by atoms with van der Waals surface area (Å²) in [5.41, 5.74) is 10.5. The molecule has 0 unspecified atom stereocenters. The number of para-hydroxylation sites is 1. The summed E-state index contributed by atoms with van der Waals surface area (Å²) in [7, 11) is 0. The molecule has 0 aliphatic rings. The van der Waals surface area contributed by atoms with Gasteiger partial charge in [-0.05, 0) is 49.2 Å². The van der Waals surface area contributed by atoms with Crippen molar-refractivity contribution in [1.29, 1.82) is 0 Å². The predicted octanol–water partition coefficient (Wildman–Crippen LogP) is 5.01. The molecule has 0 saturated heterocycles. The maximum absolute atomic E-state index is 13.2. The minimum atomic E-state index is -0.880. The molecule has 3 N–H and O–H groups in total. The predicted molar refractivity (Wildman–Crippen MR) is 157 cm³/mol. The molecule has 5 aromatic rings. The molecule has 43 heavy (non-hydrogen) atoms. The third-order valence-corrected chi connectivity index (χ3v) is 6.57. The van der Waals surface area contributed by atoms with Gasteiger partial charge in [-0.25, -0.2) is 14.4 Å². The zero-order valence-corrected chi connectivity index (χ0v) is 23.4. The molecule has 2 heterocycles. The zero-order chi connectivity index (χ0) is 30.5. The van der Waals surface area contributed by atoms with Crippen molar-refractivity contribution in [2.75, 3.05) is 17.2 Å². The van der Waals surface area contributed by atoms with Crippen LogP contribution in [0.4, 0.5) is 11.4 Å². The van der Waals surface area contributed by atoms with Crippen molar-refractivity contribution in [2.24, 2.45) is 0 Å². The van der Waals surface area contributed by atoms with Gasteiger partial charge in [-0.15, -0.1) is 0 Å². The number of ether oxygens (including phenoxy) is 2. The second-order valence-electron chi connectivity index (χ2n) is 9.35. The molecule has 12 heteroatoms. The lowest BCUT2D eigenvalue weighted by molar-refractivity contribution is 0.0443. The summed E-state index contributed by atoms with van der Waals surface area (Å²) in [6.07, 6.45) is 0. The molecule has 0 radical (unpaired) electrons. The lowest BCUT2D eigenvalue weighted by atomic mass is 9.98. The first-order valence-electron chi connectivity index (χ1n) is 13.2. The van der Waals surface area contributed by atoms with Crippen molar-refractivity contribution in [3.63, 3.8) is 0 Å². The molecule has 0 bridgehead atoms. The number of carbonyl (C=O) groups is 1. The fourth-order valence-electron chi connectivity index (χ4n) is 4.54. The first kappa shape index (κ1) is 28.7. The number of aryl methyl sites for hydroxylation is 1. The molecular weight excluding hydrogens is 556 g/mol. The van der Waals surface area contributed by atoms with Gasteiger partial charge in [-0.1, -0.05) is 59.8 Å². The maximum atomic E-state index is 13.2. The minimum Gasteiger partial charge on any atom is -0.480 e. The van der Waals surface area contributed by atoms with Crippen LogP contribution in [0.1, 0.15) is 34.4 Å². The summed E-state index contributed by atoms with van der Waals surface area (Å²) in [5.74, 6) is -1.29. The molecule has 0 saturated carbocycles. The van der Waals surface area contributed by atoms with Crippen molar-refractivity contribution in [2.45, 2.75) is 27.0 Å². The Balaban J connectivity index is 1.44. The number of H-pyrrole nitrogens is 1. The molecule has 2 aromatic heterocycles. The number of aromatic nitrogens is 2. The van der Waals surface area contributed by atoms with Gasteiger partial charge in [0, 0.05) is 5.56 Å². The molecular formula is C31H28N4O8. The Hall–Kier alpha value is -5.78. The number of esters is 1. The van der Waals surface area contributed by atoms with E-state index in [0.29, 0.717) is 29.4 Å². The van der Waals surface area contributed by atoms with Gasteiger partial charge in [0.05, 0.1) is 30.1 Å². The minimum absolute atomic E-state index is 0.107. The van der Waals surface area contributed by atoms with Crippen LogP contribution in [0.3, 0.4) is 0 Å². The van der Waals surface area contributed by atoms with E-state index in [1.807, 2.05) is 55.5 Å². The van der Waals surface area contributed by atoms with Gasteiger partial charge in [0.1, 0.15) is 0 Å². The van der Waals surface area contributed by atoms with Crippen molar-refractivity contribution >= 4 is 17.3 Å². The third kappa shape index (κ3) is 6.27. The number of hydrogen-bond acceptors (Lipinski definition) is 11. The van der Waals surface area contributed by atoms with Crippen LogP contribution in [-0.4, -0.2) is 22.7 Å². The van der Waals surface area contributed by atoms with Gasteiger partial charge in [-0.2, -0.15) is 0 Å². The highest BCUT2D eigenvalue weighted by atomic mass is 16.6. The number of aromatic amines is 1. The SMILES string of the molecule is C=C(OCC)N(Cc1ccc(-c2ccccc2-c2noc(=O)[nH]2)cc1)c1c(N)cccc1C(=O)OCc1oc(=O)oc1C. The fourth-order valence-corrected chi connectivity index (χ4v) is 4.54. The summed E-state index contributed by atoms with van der Waals surface area (Å²) >= 11 is 0. The van der Waals surface area contributed by atoms with E-state index >= 15 is 0 Å². The number of nitrogens with two attached hydrogens (primary N) is 1. The average Bonchev–Trinajstić information content (AvgIpc) is 3.58. The number of nitrogen functional groups attached to an aromatic ring is 1. The Morgan fingerprint density at radius 2 is 1.74 bits per heavy atom. The molecule has 220 valence electrons. The quantitative estimate of drug-likeness (QED) is 0.122. The Kier molecular flexibility index (Phi) is 8.28. The molecule has 0 atom stereocenters. The van der Waals surface area contributed by atoms with Gasteiger partial charge in [0.15, 0.2) is 29.8 Å². The standard InChI is InChI=1S/C31H28N4O8/c1-4-39-19(3)35(27-24(10-7-11-25(27)32)29(36)40-17-26-18(2)41-31(38)42-26)16-20-12-14-21(15-13-20)22-8-5-6-9-23(22)28-33-30(37)43-34-28/h5-15H,3-4,16-17,32H2,1-2H3,(H,33,34,37). The molecule has 0 fully saturated rings. The highest BCUT2D eigenvalue weighted by Gasteiger charge is 2.24. The van der Waals surface area contributed by atoms with Crippen LogP contribution in [-0.2, 0) is 22.6 Å². The number of benzene rings is 3. The smallest absolute Gasteiger partial charge is 0.480 e. The van der Waals surface area contributed by atoms with Gasteiger partial charge < -0.3 is 28.9 Å². The fraction of sp³-hybridized carbons (Fsp3) is 0.161. The van der Waals surface area contributed by atoms with Crippen LogP contribution in [0, 0.1) is 6.92 Å². The third-order valence-electron chi connectivity index (χ3n) is 6.57. The number of hydrogen-bond donors (Lipinski definition) is 2. The second-order valence-corrected chi connectivity index (χ2v) is 9.35. The second kappa shape index (κ2) is 12.4. The number of nitrogens with one attached hydrogen (secondary N) is 1. The molecule has 0 amide bonds. The van der Waals surface area contributed by atoms with Crippen LogP contribution < -0.4 is 22.2 Å². The summed E-state index contributed by atoms with van der Waals surface area (Å²) in [6.45, 7) is 7.71. The van der Waals surface area contributed by atoms with Crippen LogP contribution >= 0.6 is 0 Å². The summed E-state index contributed by atoms with van der Waals surface area (Å²) in [5, 5.41) is 3.82. The normalized spacial score (nSPS) is 10.8. The zero-order valence-electron chi connectivity index (χ0n) is 23.4. The molecule has 0 spiro atoms. The van der Waals surface area contributed by atoms with Crippen LogP contribution in [0.5, 0.6) is 0 Å².